The molecule has 0 aliphatic carbocycles. The molecule has 40 heavy (non-hydrogen) atoms. The van der Waals surface area contributed by atoms with Gasteiger partial charge in [-0.15, -0.1) is 0 Å². The molecule has 0 fully saturated rings. The first kappa shape index (κ1) is 32.3. The summed E-state index contributed by atoms with van der Waals surface area (Å²) in [5.41, 5.74) is 1.16. The van der Waals surface area contributed by atoms with Crippen LogP contribution in [0, 0.1) is 0 Å². The predicted molar refractivity (Wildman–Crippen MR) is 143 cm³/mol. The molecule has 0 aliphatic rings. The molecule has 0 N–H and O–H groups in total. The summed E-state index contributed by atoms with van der Waals surface area (Å²) in [5.74, 6) is 0.795. The van der Waals surface area contributed by atoms with Crippen LogP contribution in [0.5, 0.6) is 34.5 Å². The molecule has 0 amide bonds. The molecule has 0 heterocycles. The zero-order valence-electron chi connectivity index (χ0n) is 24.2. The molecular weight excluding hydrogens is 528 g/mol. The quantitative estimate of drug-likeness (QED) is 0.261. The highest BCUT2D eigenvalue weighted by Gasteiger charge is 2.38. The van der Waals surface area contributed by atoms with Crippen molar-refractivity contribution in [3.63, 3.8) is 0 Å². The van der Waals surface area contributed by atoms with E-state index >= 15 is 0 Å². The van der Waals surface area contributed by atoms with Crippen molar-refractivity contribution in [3.05, 3.63) is 35.4 Å². The van der Waals surface area contributed by atoms with Gasteiger partial charge in [-0.3, -0.25) is 0 Å². The average Bonchev–Trinajstić information content (AvgIpc) is 2.97. The largest absolute Gasteiger partial charge is 0.493 e. The van der Waals surface area contributed by atoms with Gasteiger partial charge in [0.25, 0.3) is 0 Å². The van der Waals surface area contributed by atoms with Crippen molar-refractivity contribution in [1.29, 1.82) is 0 Å². The van der Waals surface area contributed by atoms with Gasteiger partial charge in [0, 0.05) is 0 Å². The van der Waals surface area contributed by atoms with Gasteiger partial charge < -0.3 is 47.4 Å². The van der Waals surface area contributed by atoms with Crippen LogP contribution in [0.25, 0.3) is 0 Å². The van der Waals surface area contributed by atoms with Crippen molar-refractivity contribution < 1.29 is 57.0 Å². The van der Waals surface area contributed by atoms with E-state index in [4.69, 9.17) is 47.4 Å². The van der Waals surface area contributed by atoms with E-state index in [0.717, 1.165) is 0 Å². The van der Waals surface area contributed by atoms with Gasteiger partial charge in [0.2, 0.25) is 11.5 Å². The lowest BCUT2D eigenvalue weighted by atomic mass is 10.1. The number of carbonyl (C=O) groups is 2. The maximum absolute atomic E-state index is 13.0. The van der Waals surface area contributed by atoms with Crippen molar-refractivity contribution in [2.24, 2.45) is 0 Å². The van der Waals surface area contributed by atoms with Crippen molar-refractivity contribution in [3.8, 4) is 34.5 Å². The van der Waals surface area contributed by atoms with Crippen LogP contribution in [0.1, 0.15) is 25.0 Å². The first-order valence-corrected chi connectivity index (χ1v) is 12.5. The fourth-order valence-corrected chi connectivity index (χ4v) is 3.82. The van der Waals surface area contributed by atoms with Crippen molar-refractivity contribution >= 4 is 11.9 Å². The summed E-state index contributed by atoms with van der Waals surface area (Å²) in [7, 11) is 8.91. The van der Waals surface area contributed by atoms with Gasteiger partial charge in [0.1, 0.15) is 0 Å². The highest BCUT2D eigenvalue weighted by molar-refractivity contribution is 5.85. The molecule has 12 heteroatoms. The summed E-state index contributed by atoms with van der Waals surface area (Å²) in [6.07, 6.45) is -2.92. The summed E-state index contributed by atoms with van der Waals surface area (Å²) in [4.78, 5) is 26.0. The van der Waals surface area contributed by atoms with Crippen LogP contribution in [-0.4, -0.2) is 80.0 Å². The third kappa shape index (κ3) is 8.06. The lowest BCUT2D eigenvalue weighted by molar-refractivity contribution is -0.185. The number of hydrogen-bond donors (Lipinski definition) is 0. The number of benzene rings is 2. The zero-order valence-corrected chi connectivity index (χ0v) is 24.2. The Morgan fingerprint density at radius 1 is 0.550 bits per heavy atom. The topological polar surface area (TPSA) is 126 Å². The maximum Gasteiger partial charge on any atom is 0.338 e. The highest BCUT2D eigenvalue weighted by atomic mass is 16.6. The van der Waals surface area contributed by atoms with E-state index in [1.165, 1.54) is 42.7 Å². The first-order valence-electron chi connectivity index (χ1n) is 12.5. The van der Waals surface area contributed by atoms with E-state index in [2.05, 4.69) is 0 Å². The summed E-state index contributed by atoms with van der Waals surface area (Å²) < 4.78 is 54.6. The Morgan fingerprint density at radius 2 is 0.850 bits per heavy atom. The zero-order chi connectivity index (χ0) is 29.7. The van der Waals surface area contributed by atoms with Crippen LogP contribution in [0.3, 0.4) is 0 Å². The van der Waals surface area contributed by atoms with Gasteiger partial charge in [-0.05, 0) is 49.2 Å². The molecule has 0 unspecified atom stereocenters. The Bertz CT molecular complexity index is 979. The molecule has 0 spiro atoms. The van der Waals surface area contributed by atoms with Gasteiger partial charge >= 0.3 is 11.9 Å². The molecule has 2 rings (SSSR count). The van der Waals surface area contributed by atoms with E-state index in [1.54, 1.807) is 38.1 Å². The van der Waals surface area contributed by atoms with E-state index in [1.807, 2.05) is 0 Å². The van der Waals surface area contributed by atoms with Crippen LogP contribution < -0.4 is 28.4 Å². The molecule has 0 aliphatic heterocycles. The molecule has 2 aromatic carbocycles. The van der Waals surface area contributed by atoms with E-state index in [0.29, 0.717) is 45.6 Å². The predicted octanol–water partition coefficient (Wildman–Crippen LogP) is 3.34. The van der Waals surface area contributed by atoms with Gasteiger partial charge in [-0.25, -0.2) is 9.59 Å². The van der Waals surface area contributed by atoms with Crippen LogP contribution >= 0.6 is 0 Å². The fourth-order valence-electron chi connectivity index (χ4n) is 3.82. The van der Waals surface area contributed by atoms with Gasteiger partial charge in [0.15, 0.2) is 35.2 Å². The SMILES string of the molecule is CCOC(=O)[C@H](OCc1cc(OC)c(OC)c(OC)c1)[C@@H](OCc1cc(OC)c(OC)c(OC)c1)C(=O)OCC. The van der Waals surface area contributed by atoms with Crippen molar-refractivity contribution in [2.75, 3.05) is 55.9 Å². The second-order valence-corrected chi connectivity index (χ2v) is 8.03. The number of rotatable bonds is 17. The molecule has 0 bridgehead atoms. The van der Waals surface area contributed by atoms with E-state index in [-0.39, 0.29) is 26.4 Å². The molecule has 0 saturated carbocycles. The summed E-state index contributed by atoms with van der Waals surface area (Å²) in [5, 5.41) is 0. The highest BCUT2D eigenvalue weighted by Crippen LogP contribution is 2.39. The lowest BCUT2D eigenvalue weighted by Gasteiger charge is -2.25. The molecule has 222 valence electrons. The minimum absolute atomic E-state index is 0.0608. The first-order chi connectivity index (χ1) is 19.3. The normalized spacial score (nSPS) is 12.1. The Labute approximate surface area is 234 Å². The molecule has 2 aromatic rings. The number of ether oxygens (including phenoxy) is 10. The average molecular weight is 567 g/mol. The fraction of sp³-hybridized carbons (Fsp3) is 0.500. The third-order valence-electron chi connectivity index (χ3n) is 5.62. The molecule has 12 nitrogen and oxygen atoms in total. The second kappa shape index (κ2) is 16.3. The Hall–Kier alpha value is -3.90. The summed E-state index contributed by atoms with van der Waals surface area (Å²) in [6, 6.07) is 6.67. The van der Waals surface area contributed by atoms with Crippen LogP contribution in [0.2, 0.25) is 0 Å². The third-order valence-corrected chi connectivity index (χ3v) is 5.62. The number of carbonyl (C=O) groups excluding carboxylic acids is 2. The van der Waals surface area contributed by atoms with Crippen LogP contribution in [-0.2, 0) is 41.8 Å². The second-order valence-electron chi connectivity index (χ2n) is 8.03. The van der Waals surface area contributed by atoms with Crippen molar-refractivity contribution in [1.82, 2.24) is 0 Å². The van der Waals surface area contributed by atoms with Gasteiger partial charge in [0.05, 0.1) is 69.1 Å². The molecule has 0 aromatic heterocycles. The minimum atomic E-state index is -1.46. The Morgan fingerprint density at radius 3 is 1.07 bits per heavy atom. The molecule has 0 radical (unpaired) electrons. The smallest absolute Gasteiger partial charge is 0.338 e. The number of esters is 2. The molecule has 0 saturated heterocycles. The summed E-state index contributed by atoms with van der Waals surface area (Å²) in [6.45, 7) is 3.17. The minimum Gasteiger partial charge on any atom is -0.493 e. The molecular formula is C28H38O12. The standard InChI is InChI=1S/C28H38O12/c1-9-37-27(29)25(39-15-17-11-19(31-3)23(35-7)20(12-17)32-4)26(28(30)38-10-2)40-16-18-13-21(33-5)24(36-8)22(14-18)34-6/h11-14,25-26H,9-10,15-16H2,1-8H3/t25-,26-/m1/s1. The number of hydrogen-bond acceptors (Lipinski definition) is 12. The Kier molecular flexibility index (Phi) is 13.1. The van der Waals surface area contributed by atoms with E-state index < -0.39 is 24.1 Å². The van der Waals surface area contributed by atoms with Crippen LogP contribution in [0.15, 0.2) is 24.3 Å². The van der Waals surface area contributed by atoms with Gasteiger partial charge in [-0.1, -0.05) is 0 Å². The van der Waals surface area contributed by atoms with Gasteiger partial charge in [-0.2, -0.15) is 0 Å². The lowest BCUT2D eigenvalue weighted by Crippen LogP contribution is -2.45. The van der Waals surface area contributed by atoms with Crippen LogP contribution in [0.4, 0.5) is 0 Å². The maximum atomic E-state index is 13.0. The monoisotopic (exact) mass is 566 g/mol. The Balaban J connectivity index is 2.40. The molecule has 2 atom stereocenters. The number of methoxy groups -OCH3 is 6. The summed E-state index contributed by atoms with van der Waals surface area (Å²) >= 11 is 0. The van der Waals surface area contributed by atoms with Crippen molar-refractivity contribution in [2.45, 2.75) is 39.3 Å². The van der Waals surface area contributed by atoms with E-state index in [9.17, 15) is 9.59 Å².